The zero-order chi connectivity index (χ0) is 10.8. The van der Waals surface area contributed by atoms with Crippen LogP contribution in [0.1, 0.15) is 24.6 Å². The minimum absolute atomic E-state index is 0.135. The molecular formula is C7H11BrN2O3S. The summed E-state index contributed by atoms with van der Waals surface area (Å²) < 4.78 is 29.8. The molecule has 0 spiro atoms. The highest BCUT2D eigenvalue weighted by molar-refractivity contribution is 9.10. The lowest BCUT2D eigenvalue weighted by atomic mass is 10.4. The van der Waals surface area contributed by atoms with Gasteiger partial charge in [0.15, 0.2) is 0 Å². The zero-order valence-corrected chi connectivity index (χ0v) is 10.2. The largest absolute Gasteiger partial charge is 0.444 e. The van der Waals surface area contributed by atoms with Gasteiger partial charge in [0.2, 0.25) is 15.9 Å². The molecule has 1 atom stereocenters. The topological polar surface area (TPSA) is 72.2 Å². The van der Waals surface area contributed by atoms with Gasteiger partial charge in [-0.2, -0.15) is 0 Å². The summed E-state index contributed by atoms with van der Waals surface area (Å²) in [6.45, 7) is 3.42. The Morgan fingerprint density at radius 2 is 2.36 bits per heavy atom. The number of oxazole rings is 1. The third kappa shape index (κ3) is 3.07. The first kappa shape index (κ1) is 11.7. The predicted molar refractivity (Wildman–Crippen MR) is 55.5 cm³/mol. The van der Waals surface area contributed by atoms with Gasteiger partial charge in [-0.05, 0) is 13.8 Å². The van der Waals surface area contributed by atoms with Crippen molar-refractivity contribution in [1.29, 1.82) is 0 Å². The number of sulfonamides is 1. The second-order valence-electron chi connectivity index (χ2n) is 2.87. The Morgan fingerprint density at radius 3 is 2.79 bits per heavy atom. The zero-order valence-electron chi connectivity index (χ0n) is 7.82. The maximum atomic E-state index is 11.2. The van der Waals surface area contributed by atoms with Crippen molar-refractivity contribution in [2.45, 2.75) is 19.9 Å². The van der Waals surface area contributed by atoms with Crippen LogP contribution < -0.4 is 4.72 Å². The van der Waals surface area contributed by atoms with E-state index in [4.69, 9.17) is 4.42 Å². The molecule has 1 rings (SSSR count). The second-order valence-corrected chi connectivity index (χ2v) is 5.93. The Morgan fingerprint density at radius 1 is 1.71 bits per heavy atom. The van der Waals surface area contributed by atoms with E-state index in [9.17, 15) is 8.42 Å². The van der Waals surface area contributed by atoms with Crippen molar-refractivity contribution in [3.05, 3.63) is 17.8 Å². The first-order valence-corrected chi connectivity index (χ1v) is 6.70. The molecule has 1 aromatic rings. The number of hydrogen-bond donors (Lipinski definition) is 1. The summed E-state index contributed by atoms with van der Waals surface area (Å²) in [5, 5.41) is 0. The molecule has 0 bridgehead atoms. The number of rotatable bonds is 4. The van der Waals surface area contributed by atoms with Crippen LogP contribution in [0, 0.1) is 6.92 Å². The van der Waals surface area contributed by atoms with Crippen LogP contribution >= 0.6 is 15.9 Å². The Labute approximate surface area is 91.1 Å². The van der Waals surface area contributed by atoms with Crippen LogP contribution in [0.3, 0.4) is 0 Å². The monoisotopic (exact) mass is 282 g/mol. The first-order chi connectivity index (χ1) is 6.44. The van der Waals surface area contributed by atoms with Crippen molar-refractivity contribution in [3.8, 4) is 0 Å². The Hall–Kier alpha value is -0.400. The molecule has 14 heavy (non-hydrogen) atoms. The molecule has 0 radical (unpaired) electrons. The average Bonchev–Trinajstić information content (AvgIpc) is 2.51. The van der Waals surface area contributed by atoms with Crippen LogP contribution in [0.25, 0.3) is 0 Å². The molecular weight excluding hydrogens is 272 g/mol. The van der Waals surface area contributed by atoms with E-state index in [1.165, 1.54) is 0 Å². The van der Waals surface area contributed by atoms with Crippen LogP contribution in [-0.2, 0) is 10.0 Å². The molecule has 80 valence electrons. The molecule has 0 aliphatic heterocycles. The minimum Gasteiger partial charge on any atom is -0.444 e. The molecule has 1 N–H and O–H groups in total. The van der Waals surface area contributed by atoms with Gasteiger partial charge in [0, 0.05) is 0 Å². The van der Waals surface area contributed by atoms with Crippen molar-refractivity contribution >= 4 is 26.0 Å². The molecule has 1 aromatic heterocycles. The number of alkyl halides is 1. The van der Waals surface area contributed by atoms with Crippen LogP contribution in [0.15, 0.2) is 10.6 Å². The second kappa shape index (κ2) is 4.41. The van der Waals surface area contributed by atoms with Crippen molar-refractivity contribution in [1.82, 2.24) is 9.71 Å². The van der Waals surface area contributed by atoms with Gasteiger partial charge in [0.1, 0.15) is 10.4 Å². The van der Waals surface area contributed by atoms with E-state index in [0.717, 1.165) is 0 Å². The Balaban J connectivity index is 2.73. The first-order valence-electron chi connectivity index (χ1n) is 3.93. The number of hydrogen-bond acceptors (Lipinski definition) is 4. The highest BCUT2D eigenvalue weighted by Gasteiger charge is 2.17. The third-order valence-electron chi connectivity index (χ3n) is 1.51. The molecule has 5 nitrogen and oxygen atoms in total. The average molecular weight is 283 g/mol. The standard InChI is InChI=1S/C7H11BrN2O3S/c1-5-3-9-7(13-5)6(2)10-14(11,12)4-8/h3,6,10H,4H2,1-2H3. The summed E-state index contributed by atoms with van der Waals surface area (Å²) in [5.41, 5.74) is 0. The van der Waals surface area contributed by atoms with Gasteiger partial charge in [0.05, 0.1) is 12.2 Å². The van der Waals surface area contributed by atoms with E-state index in [1.54, 1.807) is 20.0 Å². The molecule has 0 amide bonds. The van der Waals surface area contributed by atoms with Crippen molar-refractivity contribution in [2.24, 2.45) is 0 Å². The smallest absolute Gasteiger partial charge is 0.222 e. The van der Waals surface area contributed by atoms with Gasteiger partial charge in [-0.15, -0.1) is 0 Å². The van der Waals surface area contributed by atoms with E-state index < -0.39 is 16.1 Å². The van der Waals surface area contributed by atoms with E-state index in [1.807, 2.05) is 0 Å². The maximum absolute atomic E-state index is 11.2. The summed E-state index contributed by atoms with van der Waals surface area (Å²) in [5.74, 6) is 1.02. The highest BCUT2D eigenvalue weighted by atomic mass is 79.9. The van der Waals surface area contributed by atoms with Crippen LogP contribution in [0.2, 0.25) is 0 Å². The molecule has 0 fully saturated rings. The van der Waals surface area contributed by atoms with E-state index in [0.29, 0.717) is 11.7 Å². The summed E-state index contributed by atoms with van der Waals surface area (Å²) in [7, 11) is -3.29. The van der Waals surface area contributed by atoms with Gasteiger partial charge in [-0.1, -0.05) is 15.9 Å². The Kier molecular flexibility index (Phi) is 3.68. The number of aryl methyl sites for hydroxylation is 1. The third-order valence-corrected chi connectivity index (χ3v) is 4.32. The lowest BCUT2D eigenvalue weighted by Gasteiger charge is -2.08. The normalized spacial score (nSPS) is 14.2. The fourth-order valence-electron chi connectivity index (χ4n) is 0.924. The van der Waals surface area contributed by atoms with Gasteiger partial charge in [-0.3, -0.25) is 0 Å². The molecule has 0 aliphatic rings. The number of nitrogens with zero attached hydrogens (tertiary/aromatic N) is 1. The summed E-state index contributed by atoms with van der Waals surface area (Å²) in [6.07, 6.45) is 1.55. The predicted octanol–water partition coefficient (Wildman–Crippen LogP) is 1.32. The highest BCUT2D eigenvalue weighted by Crippen LogP contribution is 2.13. The molecule has 7 heteroatoms. The van der Waals surface area contributed by atoms with Crippen LogP contribution in [-0.4, -0.2) is 18.1 Å². The van der Waals surface area contributed by atoms with E-state index >= 15 is 0 Å². The van der Waals surface area contributed by atoms with Gasteiger partial charge >= 0.3 is 0 Å². The quantitative estimate of drug-likeness (QED) is 0.846. The lowest BCUT2D eigenvalue weighted by molar-refractivity contribution is 0.428. The summed E-state index contributed by atoms with van der Waals surface area (Å²) in [6, 6.07) is -0.453. The minimum atomic E-state index is -3.29. The summed E-state index contributed by atoms with van der Waals surface area (Å²) in [4.78, 5) is 3.93. The molecule has 1 unspecified atom stereocenters. The van der Waals surface area contributed by atoms with Gasteiger partial charge in [0.25, 0.3) is 0 Å². The molecule has 0 saturated heterocycles. The van der Waals surface area contributed by atoms with Gasteiger partial charge in [-0.25, -0.2) is 18.1 Å². The molecule has 1 heterocycles. The van der Waals surface area contributed by atoms with E-state index in [-0.39, 0.29) is 4.66 Å². The number of aromatic nitrogens is 1. The maximum Gasteiger partial charge on any atom is 0.222 e. The van der Waals surface area contributed by atoms with Crippen molar-refractivity contribution < 1.29 is 12.8 Å². The van der Waals surface area contributed by atoms with E-state index in [2.05, 4.69) is 25.6 Å². The fourth-order valence-corrected chi connectivity index (χ4v) is 2.02. The molecule has 0 aliphatic carbocycles. The fraction of sp³-hybridized carbons (Fsp3) is 0.571. The number of nitrogens with one attached hydrogen (secondary N) is 1. The Bertz CT molecular complexity index is 401. The number of halogens is 1. The lowest BCUT2D eigenvalue weighted by Crippen LogP contribution is -2.27. The van der Waals surface area contributed by atoms with Crippen LogP contribution in [0.4, 0.5) is 0 Å². The summed E-state index contributed by atoms with van der Waals surface area (Å²) >= 11 is 2.88. The SMILES string of the molecule is Cc1cnc(C(C)NS(=O)(=O)CBr)o1. The van der Waals surface area contributed by atoms with Crippen molar-refractivity contribution in [2.75, 3.05) is 4.66 Å². The molecule has 0 saturated carbocycles. The van der Waals surface area contributed by atoms with Crippen molar-refractivity contribution in [3.63, 3.8) is 0 Å². The molecule has 0 aromatic carbocycles. The van der Waals surface area contributed by atoms with Gasteiger partial charge < -0.3 is 4.42 Å². The van der Waals surface area contributed by atoms with Crippen LogP contribution in [0.5, 0.6) is 0 Å².